The summed E-state index contributed by atoms with van der Waals surface area (Å²) in [5.74, 6) is 0.266. The summed E-state index contributed by atoms with van der Waals surface area (Å²) in [7, 11) is 0. The van der Waals surface area contributed by atoms with E-state index in [9.17, 15) is 15.0 Å². The zero-order valence-electron chi connectivity index (χ0n) is 20.3. The third-order valence-electron chi connectivity index (χ3n) is 5.29. The number of aliphatic hydroxyl groups is 2. The molecule has 0 aromatic heterocycles. The highest BCUT2D eigenvalue weighted by molar-refractivity contribution is 5.68. The predicted octanol–water partition coefficient (Wildman–Crippen LogP) is 5.62. The lowest BCUT2D eigenvalue weighted by atomic mass is 9.94. The average molecular weight is 436 g/mol. The van der Waals surface area contributed by atoms with Gasteiger partial charge < -0.3 is 20.3 Å². The highest BCUT2D eigenvalue weighted by atomic mass is 16.6. The molecule has 0 heterocycles. The second-order valence-electron chi connectivity index (χ2n) is 10.1. The van der Waals surface area contributed by atoms with Gasteiger partial charge in [-0.15, -0.1) is 0 Å². The van der Waals surface area contributed by atoms with Gasteiger partial charge in [0.1, 0.15) is 11.7 Å². The number of carbonyl (C=O) groups is 1. The summed E-state index contributed by atoms with van der Waals surface area (Å²) in [6, 6.07) is 10.1. The van der Waals surface area contributed by atoms with E-state index in [0.717, 1.165) is 25.7 Å². The summed E-state index contributed by atoms with van der Waals surface area (Å²) in [6.07, 6.45) is 6.52. The van der Waals surface area contributed by atoms with Crippen LogP contribution in [0.15, 0.2) is 30.3 Å². The van der Waals surface area contributed by atoms with Gasteiger partial charge in [0.15, 0.2) is 0 Å². The van der Waals surface area contributed by atoms with Crippen LogP contribution < -0.4 is 5.32 Å². The third kappa shape index (κ3) is 13.4. The molecular weight excluding hydrogens is 390 g/mol. The van der Waals surface area contributed by atoms with Crippen LogP contribution in [-0.4, -0.2) is 40.2 Å². The van der Waals surface area contributed by atoms with Crippen molar-refractivity contribution in [3.05, 3.63) is 35.9 Å². The quantitative estimate of drug-likeness (QED) is 0.331. The third-order valence-corrected chi connectivity index (χ3v) is 5.29. The molecule has 1 aromatic rings. The maximum absolute atomic E-state index is 12.2. The molecule has 5 nitrogen and oxygen atoms in total. The lowest BCUT2D eigenvalue weighted by Gasteiger charge is -2.30. The number of carbonyl (C=O) groups excluding carboxylic acids is 1. The second kappa shape index (κ2) is 14.5. The molecule has 3 atom stereocenters. The molecule has 0 aliphatic heterocycles. The second-order valence-corrected chi connectivity index (χ2v) is 10.1. The maximum Gasteiger partial charge on any atom is 0.407 e. The number of hydrogen-bond acceptors (Lipinski definition) is 4. The Kier molecular flexibility index (Phi) is 12.8. The van der Waals surface area contributed by atoms with E-state index in [2.05, 4.69) is 29.6 Å². The minimum Gasteiger partial charge on any atom is -0.444 e. The van der Waals surface area contributed by atoms with Crippen LogP contribution in [0, 0.1) is 5.92 Å². The number of ether oxygens (including phenoxy) is 1. The Morgan fingerprint density at radius 2 is 1.55 bits per heavy atom. The summed E-state index contributed by atoms with van der Waals surface area (Å²) in [6.45, 7) is 9.43. The van der Waals surface area contributed by atoms with Crippen molar-refractivity contribution in [2.45, 2.75) is 116 Å². The number of aryl methyl sites for hydroxylation is 1. The van der Waals surface area contributed by atoms with Gasteiger partial charge in [-0.05, 0) is 57.9 Å². The van der Waals surface area contributed by atoms with Gasteiger partial charge in [0, 0.05) is 0 Å². The van der Waals surface area contributed by atoms with Crippen molar-refractivity contribution in [1.29, 1.82) is 0 Å². The first-order chi connectivity index (χ1) is 14.6. The zero-order chi connectivity index (χ0) is 23.3. The number of unbranched alkanes of at least 4 members (excludes halogenated alkanes) is 5. The van der Waals surface area contributed by atoms with Crippen LogP contribution in [-0.2, 0) is 11.2 Å². The molecule has 5 heteroatoms. The van der Waals surface area contributed by atoms with Gasteiger partial charge in [0.05, 0.1) is 12.1 Å². The SMILES string of the molecule is CC(C)C[C@@H](O)[C@@H](O)[C@H](CCCCCCCCc1ccccc1)NC(=O)OC(C)(C)C. The van der Waals surface area contributed by atoms with Crippen LogP contribution in [0.1, 0.15) is 91.5 Å². The van der Waals surface area contributed by atoms with Crippen LogP contribution in [0.5, 0.6) is 0 Å². The fourth-order valence-corrected chi connectivity index (χ4v) is 3.72. The number of hydrogen-bond donors (Lipinski definition) is 3. The summed E-state index contributed by atoms with van der Waals surface area (Å²) in [4.78, 5) is 12.2. The molecule has 3 N–H and O–H groups in total. The van der Waals surface area contributed by atoms with E-state index in [0.29, 0.717) is 12.8 Å². The number of nitrogens with one attached hydrogen (secondary N) is 1. The number of rotatable bonds is 14. The van der Waals surface area contributed by atoms with Gasteiger partial charge in [-0.25, -0.2) is 4.79 Å². The lowest BCUT2D eigenvalue weighted by Crippen LogP contribution is -2.50. The molecule has 0 spiro atoms. The van der Waals surface area contributed by atoms with E-state index in [-0.39, 0.29) is 5.92 Å². The molecule has 0 unspecified atom stereocenters. The van der Waals surface area contributed by atoms with Gasteiger partial charge >= 0.3 is 6.09 Å². The molecule has 178 valence electrons. The van der Waals surface area contributed by atoms with Crippen molar-refractivity contribution < 1.29 is 19.7 Å². The molecule has 0 fully saturated rings. The zero-order valence-corrected chi connectivity index (χ0v) is 20.3. The summed E-state index contributed by atoms with van der Waals surface area (Å²) >= 11 is 0. The van der Waals surface area contributed by atoms with E-state index in [1.807, 2.05) is 40.7 Å². The van der Waals surface area contributed by atoms with Crippen molar-refractivity contribution in [1.82, 2.24) is 5.32 Å². The number of amides is 1. The maximum atomic E-state index is 12.2. The molecule has 0 saturated heterocycles. The standard InChI is InChI=1S/C26H45NO4/c1-20(2)19-23(28)24(29)22(27-25(30)31-26(3,4)5)18-14-9-7-6-8-11-15-21-16-12-10-13-17-21/h10,12-13,16-17,20,22-24,28-29H,6-9,11,14-15,18-19H2,1-5H3,(H,27,30)/t22-,23+,24-/m0/s1. The van der Waals surface area contributed by atoms with Gasteiger partial charge in [-0.2, -0.15) is 0 Å². The highest BCUT2D eigenvalue weighted by Gasteiger charge is 2.29. The van der Waals surface area contributed by atoms with Crippen LogP contribution >= 0.6 is 0 Å². The highest BCUT2D eigenvalue weighted by Crippen LogP contribution is 2.17. The Hall–Kier alpha value is -1.59. The Labute approximate surface area is 189 Å². The molecule has 1 rings (SSSR count). The molecule has 0 aliphatic rings. The molecule has 1 aromatic carbocycles. The first kappa shape index (κ1) is 27.4. The smallest absolute Gasteiger partial charge is 0.407 e. The average Bonchev–Trinajstić information content (AvgIpc) is 2.67. The minimum atomic E-state index is -0.999. The minimum absolute atomic E-state index is 0.266. The topological polar surface area (TPSA) is 78.8 Å². The van der Waals surface area contributed by atoms with Crippen molar-refractivity contribution >= 4 is 6.09 Å². The molecule has 0 bridgehead atoms. The van der Waals surface area contributed by atoms with Crippen LogP contribution in [0.2, 0.25) is 0 Å². The van der Waals surface area contributed by atoms with Gasteiger partial charge in [0.25, 0.3) is 0 Å². The fraction of sp³-hybridized carbons (Fsp3) is 0.731. The normalized spacial score (nSPS) is 14.8. The fourth-order valence-electron chi connectivity index (χ4n) is 3.72. The molecular formula is C26H45NO4. The summed E-state index contributed by atoms with van der Waals surface area (Å²) in [5, 5.41) is 23.8. The van der Waals surface area contributed by atoms with Crippen molar-refractivity contribution in [2.75, 3.05) is 0 Å². The van der Waals surface area contributed by atoms with Gasteiger partial charge in [-0.3, -0.25) is 0 Å². The predicted molar refractivity (Wildman–Crippen MR) is 127 cm³/mol. The largest absolute Gasteiger partial charge is 0.444 e. The van der Waals surface area contributed by atoms with E-state index in [1.165, 1.54) is 24.8 Å². The van der Waals surface area contributed by atoms with Crippen molar-refractivity contribution in [3.8, 4) is 0 Å². The van der Waals surface area contributed by atoms with Crippen molar-refractivity contribution in [2.24, 2.45) is 5.92 Å². The Morgan fingerprint density at radius 3 is 2.13 bits per heavy atom. The van der Waals surface area contributed by atoms with Gasteiger partial charge in [0.2, 0.25) is 0 Å². The molecule has 0 radical (unpaired) electrons. The van der Waals surface area contributed by atoms with E-state index in [4.69, 9.17) is 4.74 Å². The number of alkyl carbamates (subject to hydrolysis) is 1. The van der Waals surface area contributed by atoms with Crippen molar-refractivity contribution in [3.63, 3.8) is 0 Å². The Bertz CT molecular complexity index is 597. The van der Waals surface area contributed by atoms with E-state index in [1.54, 1.807) is 0 Å². The van der Waals surface area contributed by atoms with E-state index < -0.39 is 29.9 Å². The van der Waals surface area contributed by atoms with Crippen LogP contribution in [0.3, 0.4) is 0 Å². The number of benzene rings is 1. The van der Waals surface area contributed by atoms with Gasteiger partial charge in [-0.1, -0.05) is 76.3 Å². The molecule has 31 heavy (non-hydrogen) atoms. The van der Waals surface area contributed by atoms with Crippen LogP contribution in [0.4, 0.5) is 4.79 Å². The monoisotopic (exact) mass is 435 g/mol. The van der Waals surface area contributed by atoms with Crippen LogP contribution in [0.25, 0.3) is 0 Å². The summed E-state index contributed by atoms with van der Waals surface area (Å²) < 4.78 is 5.34. The molecule has 0 aliphatic carbocycles. The molecule has 1 amide bonds. The number of aliphatic hydroxyl groups excluding tert-OH is 2. The lowest BCUT2D eigenvalue weighted by molar-refractivity contribution is -0.0198. The Balaban J connectivity index is 2.37. The molecule has 0 saturated carbocycles. The summed E-state index contributed by atoms with van der Waals surface area (Å²) in [5.41, 5.74) is 0.795. The first-order valence-electron chi connectivity index (χ1n) is 12.0. The first-order valence-corrected chi connectivity index (χ1v) is 12.0. The van der Waals surface area contributed by atoms with E-state index >= 15 is 0 Å². The Morgan fingerprint density at radius 1 is 0.968 bits per heavy atom.